The van der Waals surface area contributed by atoms with Crippen LogP contribution in [0.1, 0.15) is 21.5 Å². The van der Waals surface area contributed by atoms with Crippen LogP contribution < -0.4 is 5.43 Å². The second kappa shape index (κ2) is 8.41. The number of nitrogens with zero attached hydrogens (tertiary/aromatic N) is 2. The molecule has 5 rings (SSSR count). The highest BCUT2D eigenvalue weighted by atomic mass is 35.5. The van der Waals surface area contributed by atoms with Gasteiger partial charge in [-0.3, -0.25) is 4.79 Å². The Hall–Kier alpha value is -4.16. The molecule has 33 heavy (non-hydrogen) atoms. The van der Waals surface area contributed by atoms with Crippen LogP contribution in [0.25, 0.3) is 28.2 Å². The Labute approximate surface area is 193 Å². The van der Waals surface area contributed by atoms with Crippen LogP contribution in [0.15, 0.2) is 94.5 Å². The van der Waals surface area contributed by atoms with E-state index in [0.717, 1.165) is 11.3 Å². The summed E-state index contributed by atoms with van der Waals surface area (Å²) in [7, 11) is 0. The molecule has 162 valence electrons. The molecule has 0 fully saturated rings. The molecule has 0 saturated carbocycles. The van der Waals surface area contributed by atoms with Crippen LogP contribution in [0.5, 0.6) is 0 Å². The fourth-order valence-corrected chi connectivity index (χ4v) is 4.12. The van der Waals surface area contributed by atoms with E-state index in [0.29, 0.717) is 33.1 Å². The molecule has 0 aliphatic rings. The number of hydrogen-bond acceptors (Lipinski definition) is 4. The minimum absolute atomic E-state index is 0.163. The number of pyridine rings is 1. The molecule has 0 aliphatic heterocycles. The number of para-hydroxylation sites is 1. The highest BCUT2D eigenvalue weighted by Crippen LogP contribution is 2.31. The van der Waals surface area contributed by atoms with Gasteiger partial charge in [-0.15, -0.1) is 0 Å². The predicted molar refractivity (Wildman–Crippen MR) is 126 cm³/mol. The minimum Gasteiger partial charge on any atom is -0.478 e. The third kappa shape index (κ3) is 3.81. The van der Waals surface area contributed by atoms with E-state index in [2.05, 4.69) is 4.98 Å². The number of aromatic carboxylic acids is 1. The molecule has 2 aromatic heterocycles. The fraction of sp³-hybridized carbons (Fsp3) is 0.0385. The van der Waals surface area contributed by atoms with Crippen LogP contribution in [0, 0.1) is 0 Å². The van der Waals surface area contributed by atoms with Crippen molar-refractivity contribution in [2.75, 3.05) is 0 Å². The van der Waals surface area contributed by atoms with Gasteiger partial charge in [0.25, 0.3) is 0 Å². The molecule has 5 aromatic rings. The summed E-state index contributed by atoms with van der Waals surface area (Å²) in [6.07, 6.45) is 3.26. The summed E-state index contributed by atoms with van der Waals surface area (Å²) in [6.45, 7) is 0. The summed E-state index contributed by atoms with van der Waals surface area (Å²) in [4.78, 5) is 29.3. The van der Waals surface area contributed by atoms with Crippen molar-refractivity contribution in [2.24, 2.45) is 0 Å². The number of halogens is 1. The fourth-order valence-electron chi connectivity index (χ4n) is 3.95. The SMILES string of the molecule is O=C(O)c1ccc(Cc2c(-c3ncco3)n(-c3ccccc3)c3cc(Cl)ccc3c2=O)cc1. The van der Waals surface area contributed by atoms with E-state index in [4.69, 9.17) is 16.0 Å². The number of benzene rings is 3. The normalized spacial score (nSPS) is 11.1. The lowest BCUT2D eigenvalue weighted by molar-refractivity contribution is 0.0697. The van der Waals surface area contributed by atoms with E-state index < -0.39 is 5.97 Å². The van der Waals surface area contributed by atoms with E-state index in [9.17, 15) is 14.7 Å². The number of oxazole rings is 1. The molecule has 0 radical (unpaired) electrons. The average molecular weight is 457 g/mol. The number of hydrogen-bond donors (Lipinski definition) is 1. The highest BCUT2D eigenvalue weighted by Gasteiger charge is 2.23. The first kappa shape index (κ1) is 20.7. The smallest absolute Gasteiger partial charge is 0.335 e. The Bertz CT molecular complexity index is 1520. The third-order valence-corrected chi connectivity index (χ3v) is 5.70. The molecule has 7 heteroatoms. The van der Waals surface area contributed by atoms with Crippen molar-refractivity contribution in [3.05, 3.63) is 117 Å². The second-order valence-corrected chi connectivity index (χ2v) is 7.94. The van der Waals surface area contributed by atoms with Crippen LogP contribution in [0.3, 0.4) is 0 Å². The van der Waals surface area contributed by atoms with Crippen LogP contribution in [0.4, 0.5) is 0 Å². The Morgan fingerprint density at radius 3 is 2.45 bits per heavy atom. The first-order valence-electron chi connectivity index (χ1n) is 10.2. The molecule has 3 aromatic carbocycles. The summed E-state index contributed by atoms with van der Waals surface area (Å²) >= 11 is 6.32. The van der Waals surface area contributed by atoms with E-state index >= 15 is 0 Å². The molecule has 6 nitrogen and oxygen atoms in total. The Kier molecular flexibility index (Phi) is 5.28. The lowest BCUT2D eigenvalue weighted by atomic mass is 9.98. The average Bonchev–Trinajstić information content (AvgIpc) is 3.36. The van der Waals surface area contributed by atoms with Crippen molar-refractivity contribution < 1.29 is 14.3 Å². The molecule has 1 N–H and O–H groups in total. The predicted octanol–water partition coefficient (Wildman–Crippen LogP) is 5.59. The number of carbonyl (C=O) groups is 1. The Morgan fingerprint density at radius 2 is 1.79 bits per heavy atom. The van der Waals surface area contributed by atoms with Gasteiger partial charge >= 0.3 is 5.97 Å². The number of carboxylic acid groups (broad SMARTS) is 1. The molecule has 0 spiro atoms. The summed E-state index contributed by atoms with van der Waals surface area (Å²) in [5.41, 5.74) is 3.27. The van der Waals surface area contributed by atoms with Gasteiger partial charge in [-0.2, -0.15) is 0 Å². The Morgan fingerprint density at radius 1 is 1.03 bits per heavy atom. The maximum absolute atomic E-state index is 13.7. The van der Waals surface area contributed by atoms with E-state index in [1.54, 1.807) is 30.3 Å². The van der Waals surface area contributed by atoms with Crippen molar-refractivity contribution >= 4 is 28.5 Å². The number of fused-ring (bicyclic) bond motifs is 1. The monoisotopic (exact) mass is 456 g/mol. The van der Waals surface area contributed by atoms with Gasteiger partial charge in [0.05, 0.1) is 17.3 Å². The number of rotatable bonds is 5. The molecule has 2 heterocycles. The minimum atomic E-state index is -1.00. The zero-order valence-corrected chi connectivity index (χ0v) is 18.0. The quantitative estimate of drug-likeness (QED) is 0.372. The van der Waals surface area contributed by atoms with Gasteiger partial charge in [0.15, 0.2) is 5.43 Å². The molecule has 0 unspecified atom stereocenters. The second-order valence-electron chi connectivity index (χ2n) is 7.50. The zero-order valence-electron chi connectivity index (χ0n) is 17.2. The molecule has 0 aliphatic carbocycles. The lowest BCUT2D eigenvalue weighted by Gasteiger charge is -2.19. The first-order valence-corrected chi connectivity index (χ1v) is 10.6. The van der Waals surface area contributed by atoms with Crippen molar-refractivity contribution in [1.82, 2.24) is 9.55 Å². The van der Waals surface area contributed by atoms with E-state index in [-0.39, 0.29) is 17.4 Å². The molecule has 0 atom stereocenters. The van der Waals surface area contributed by atoms with Gasteiger partial charge in [0.2, 0.25) is 5.89 Å². The third-order valence-electron chi connectivity index (χ3n) is 5.46. The van der Waals surface area contributed by atoms with Gasteiger partial charge in [0, 0.05) is 28.1 Å². The molecule has 0 saturated heterocycles. The Balaban J connectivity index is 1.84. The van der Waals surface area contributed by atoms with Crippen LogP contribution in [-0.2, 0) is 6.42 Å². The summed E-state index contributed by atoms with van der Waals surface area (Å²) in [5, 5.41) is 10.2. The van der Waals surface area contributed by atoms with Crippen molar-refractivity contribution in [1.29, 1.82) is 0 Å². The largest absolute Gasteiger partial charge is 0.478 e. The van der Waals surface area contributed by atoms with Crippen molar-refractivity contribution in [3.8, 4) is 17.3 Å². The van der Waals surface area contributed by atoms with Gasteiger partial charge in [0.1, 0.15) is 12.0 Å². The molecular formula is C26H17ClN2O4. The van der Waals surface area contributed by atoms with Gasteiger partial charge in [-0.25, -0.2) is 9.78 Å². The maximum atomic E-state index is 13.7. The standard InChI is InChI=1S/C26H17ClN2O4/c27-18-10-11-20-22(15-18)29(19-4-2-1-3-5-19)23(25-28-12-13-33-25)21(24(20)30)14-16-6-8-17(9-7-16)26(31)32/h1-13,15H,14H2,(H,31,32). The van der Waals surface area contributed by atoms with E-state index in [1.807, 2.05) is 34.9 Å². The zero-order chi connectivity index (χ0) is 22.9. The highest BCUT2D eigenvalue weighted by molar-refractivity contribution is 6.31. The summed E-state index contributed by atoms with van der Waals surface area (Å²) in [5.74, 6) is -0.703. The van der Waals surface area contributed by atoms with Gasteiger partial charge < -0.3 is 14.1 Å². The van der Waals surface area contributed by atoms with E-state index in [1.165, 1.54) is 24.6 Å². The van der Waals surface area contributed by atoms with Crippen LogP contribution >= 0.6 is 11.6 Å². The van der Waals surface area contributed by atoms with Crippen molar-refractivity contribution in [3.63, 3.8) is 0 Å². The molecule has 0 amide bonds. The van der Waals surface area contributed by atoms with Gasteiger partial charge in [-0.1, -0.05) is 41.9 Å². The topological polar surface area (TPSA) is 85.3 Å². The maximum Gasteiger partial charge on any atom is 0.335 e. The summed E-state index contributed by atoms with van der Waals surface area (Å²) < 4.78 is 7.59. The van der Waals surface area contributed by atoms with Crippen molar-refractivity contribution in [2.45, 2.75) is 6.42 Å². The number of carboxylic acids is 1. The van der Waals surface area contributed by atoms with Crippen LogP contribution in [-0.4, -0.2) is 20.6 Å². The number of aromatic nitrogens is 2. The van der Waals surface area contributed by atoms with Crippen LogP contribution in [0.2, 0.25) is 5.02 Å². The molecule has 0 bridgehead atoms. The summed E-state index contributed by atoms with van der Waals surface area (Å²) in [6, 6.07) is 21.2. The first-order chi connectivity index (χ1) is 16.0. The lowest BCUT2D eigenvalue weighted by Crippen LogP contribution is -2.18. The van der Waals surface area contributed by atoms with Gasteiger partial charge in [-0.05, 0) is 48.0 Å². The molecular weight excluding hydrogens is 440 g/mol.